The van der Waals surface area contributed by atoms with E-state index in [1.165, 1.54) is 0 Å². The number of carbonyl (C=O) groups excluding carboxylic acids is 2. The molecule has 2 atom stereocenters. The summed E-state index contributed by atoms with van der Waals surface area (Å²) >= 11 is 5.86. The van der Waals surface area contributed by atoms with Gasteiger partial charge in [0.25, 0.3) is 5.91 Å². The highest BCUT2D eigenvalue weighted by Gasteiger charge is 2.27. The number of rotatable bonds is 8. The summed E-state index contributed by atoms with van der Waals surface area (Å²) in [4.78, 5) is 27.5. The van der Waals surface area contributed by atoms with Crippen LogP contribution in [0.1, 0.15) is 38.1 Å². The lowest BCUT2D eigenvalue weighted by Gasteiger charge is -2.34. The first kappa shape index (κ1) is 22.7. The van der Waals surface area contributed by atoms with E-state index < -0.39 is 6.04 Å². The lowest BCUT2D eigenvalue weighted by Crippen LogP contribution is -2.53. The van der Waals surface area contributed by atoms with Crippen molar-refractivity contribution in [1.29, 1.82) is 0 Å². The van der Waals surface area contributed by atoms with Gasteiger partial charge in [-0.1, -0.05) is 39.3 Å². The van der Waals surface area contributed by atoms with Crippen molar-refractivity contribution in [3.63, 3.8) is 0 Å². The summed E-state index contributed by atoms with van der Waals surface area (Å²) in [6, 6.07) is 5.99. The van der Waals surface area contributed by atoms with Gasteiger partial charge in [-0.15, -0.1) is 0 Å². The number of amides is 2. The molecule has 1 aromatic carbocycles. The van der Waals surface area contributed by atoms with Crippen LogP contribution in [0.4, 0.5) is 0 Å². The van der Waals surface area contributed by atoms with Crippen LogP contribution >= 0.6 is 11.6 Å². The second-order valence-corrected chi connectivity index (χ2v) is 8.53. The number of hydrogen-bond donors (Lipinski definition) is 2. The maximum Gasteiger partial charge on any atom is 0.251 e. The molecule has 0 spiro atoms. The minimum absolute atomic E-state index is 0.0313. The fraction of sp³-hybridized carbons (Fsp3) is 0.619. The number of nitrogens with zero attached hydrogens (tertiary/aromatic N) is 1. The first-order chi connectivity index (χ1) is 13.3. The molecular weight excluding hydrogens is 378 g/mol. The molecule has 6 nitrogen and oxygen atoms in total. The summed E-state index contributed by atoms with van der Waals surface area (Å²) in [5, 5.41) is 6.34. The third-order valence-electron chi connectivity index (χ3n) is 4.69. The first-order valence-corrected chi connectivity index (χ1v) is 10.3. The zero-order valence-electron chi connectivity index (χ0n) is 17.2. The van der Waals surface area contributed by atoms with E-state index in [0.717, 1.165) is 19.6 Å². The summed E-state index contributed by atoms with van der Waals surface area (Å²) < 4.78 is 5.79. The Bertz CT molecular complexity index is 649. The topological polar surface area (TPSA) is 70.7 Å². The molecule has 1 aromatic rings. The van der Waals surface area contributed by atoms with Crippen molar-refractivity contribution in [2.24, 2.45) is 11.8 Å². The Kier molecular flexibility index (Phi) is 8.73. The van der Waals surface area contributed by atoms with Crippen molar-refractivity contribution in [2.75, 3.05) is 32.8 Å². The molecule has 1 fully saturated rings. The lowest BCUT2D eigenvalue weighted by molar-refractivity contribution is -0.125. The maximum atomic E-state index is 12.7. The summed E-state index contributed by atoms with van der Waals surface area (Å²) in [5.41, 5.74) is 0.475. The fourth-order valence-corrected chi connectivity index (χ4v) is 3.40. The van der Waals surface area contributed by atoms with Gasteiger partial charge in [-0.3, -0.25) is 14.5 Å². The van der Waals surface area contributed by atoms with Crippen LogP contribution in [0.5, 0.6) is 0 Å². The molecule has 2 unspecified atom stereocenters. The minimum atomic E-state index is -0.612. The molecule has 1 aliphatic heterocycles. The summed E-state index contributed by atoms with van der Waals surface area (Å²) in [7, 11) is 0. The van der Waals surface area contributed by atoms with Gasteiger partial charge in [0, 0.05) is 36.8 Å². The molecular formula is C21H32ClN3O3. The van der Waals surface area contributed by atoms with E-state index in [0.29, 0.717) is 29.7 Å². The highest BCUT2D eigenvalue weighted by molar-refractivity contribution is 6.30. The summed E-state index contributed by atoms with van der Waals surface area (Å²) in [6.45, 7) is 12.1. The van der Waals surface area contributed by atoms with Crippen molar-refractivity contribution < 1.29 is 14.3 Å². The number of hydrogen-bond acceptors (Lipinski definition) is 4. The molecule has 0 radical (unpaired) electrons. The number of halogens is 1. The average Bonchev–Trinajstić information content (AvgIpc) is 2.64. The molecule has 1 saturated heterocycles. The van der Waals surface area contributed by atoms with Crippen molar-refractivity contribution >= 4 is 23.4 Å². The average molecular weight is 410 g/mol. The predicted molar refractivity (Wildman–Crippen MR) is 112 cm³/mol. The van der Waals surface area contributed by atoms with Crippen molar-refractivity contribution in [3.05, 3.63) is 34.9 Å². The van der Waals surface area contributed by atoms with Crippen molar-refractivity contribution in [3.8, 4) is 0 Å². The van der Waals surface area contributed by atoms with E-state index in [2.05, 4.69) is 29.4 Å². The quantitative estimate of drug-likeness (QED) is 0.692. The number of morpholine rings is 1. The van der Waals surface area contributed by atoms with Gasteiger partial charge in [0.2, 0.25) is 5.91 Å². The van der Waals surface area contributed by atoms with Gasteiger partial charge in [-0.25, -0.2) is 0 Å². The Morgan fingerprint density at radius 1 is 1.21 bits per heavy atom. The van der Waals surface area contributed by atoms with Crippen LogP contribution < -0.4 is 10.6 Å². The molecule has 1 heterocycles. The van der Waals surface area contributed by atoms with Crippen LogP contribution in [0, 0.1) is 11.8 Å². The van der Waals surface area contributed by atoms with Crippen molar-refractivity contribution in [2.45, 2.75) is 39.8 Å². The Hall–Kier alpha value is -1.63. The zero-order chi connectivity index (χ0) is 20.7. The number of carbonyl (C=O) groups is 2. The van der Waals surface area contributed by atoms with E-state index in [1.54, 1.807) is 24.3 Å². The molecule has 0 aliphatic carbocycles. The van der Waals surface area contributed by atoms with Crippen LogP contribution in [0.25, 0.3) is 0 Å². The number of benzene rings is 1. The second-order valence-electron chi connectivity index (χ2n) is 8.09. The van der Waals surface area contributed by atoms with E-state index in [9.17, 15) is 9.59 Å². The van der Waals surface area contributed by atoms with Gasteiger partial charge in [-0.2, -0.15) is 0 Å². The third-order valence-corrected chi connectivity index (χ3v) is 4.94. The van der Waals surface area contributed by atoms with Gasteiger partial charge in [0.1, 0.15) is 6.04 Å². The van der Waals surface area contributed by atoms with Crippen LogP contribution in [0.15, 0.2) is 24.3 Å². The monoisotopic (exact) mass is 409 g/mol. The zero-order valence-corrected chi connectivity index (χ0v) is 18.0. The standard InChI is InChI=1S/C21H32ClN3O3/c1-14(2)12-25-9-10-28-18(13-25)11-23-21(27)19(15(3)4)24-20(26)16-5-7-17(22)8-6-16/h5-8,14-15,18-19H,9-13H2,1-4H3,(H,23,27)(H,24,26). The lowest BCUT2D eigenvalue weighted by atomic mass is 10.0. The second kappa shape index (κ2) is 10.8. The van der Waals surface area contributed by atoms with Crippen LogP contribution in [0.2, 0.25) is 5.02 Å². The van der Waals surface area contributed by atoms with E-state index >= 15 is 0 Å². The molecule has 1 aliphatic rings. The number of nitrogens with one attached hydrogen (secondary N) is 2. The smallest absolute Gasteiger partial charge is 0.251 e. The minimum Gasteiger partial charge on any atom is -0.374 e. The fourth-order valence-electron chi connectivity index (χ4n) is 3.27. The van der Waals surface area contributed by atoms with E-state index in [-0.39, 0.29) is 23.8 Å². The number of ether oxygens (including phenoxy) is 1. The van der Waals surface area contributed by atoms with Crippen LogP contribution in [-0.2, 0) is 9.53 Å². The molecule has 2 N–H and O–H groups in total. The molecule has 0 aromatic heterocycles. The van der Waals surface area contributed by atoms with Crippen LogP contribution in [-0.4, -0.2) is 61.6 Å². The molecule has 156 valence electrons. The van der Waals surface area contributed by atoms with Crippen molar-refractivity contribution in [1.82, 2.24) is 15.5 Å². The third kappa shape index (κ3) is 7.08. The Labute approximate surface area is 172 Å². The molecule has 0 saturated carbocycles. The van der Waals surface area contributed by atoms with Gasteiger partial charge in [0.15, 0.2) is 0 Å². The normalized spacial score (nSPS) is 18.9. The highest BCUT2D eigenvalue weighted by atomic mass is 35.5. The first-order valence-electron chi connectivity index (χ1n) is 9.94. The molecule has 0 bridgehead atoms. The largest absolute Gasteiger partial charge is 0.374 e. The SMILES string of the molecule is CC(C)CN1CCOC(CNC(=O)C(NC(=O)c2ccc(Cl)cc2)C(C)C)C1. The van der Waals surface area contributed by atoms with Gasteiger partial charge in [0.05, 0.1) is 12.7 Å². The van der Waals surface area contributed by atoms with Crippen LogP contribution in [0.3, 0.4) is 0 Å². The Morgan fingerprint density at radius 3 is 2.50 bits per heavy atom. The van der Waals surface area contributed by atoms with E-state index in [1.807, 2.05) is 13.8 Å². The Morgan fingerprint density at radius 2 is 1.89 bits per heavy atom. The molecule has 7 heteroatoms. The highest BCUT2D eigenvalue weighted by Crippen LogP contribution is 2.11. The van der Waals surface area contributed by atoms with Gasteiger partial charge in [-0.05, 0) is 36.1 Å². The molecule has 2 amide bonds. The van der Waals surface area contributed by atoms with E-state index in [4.69, 9.17) is 16.3 Å². The summed E-state index contributed by atoms with van der Waals surface area (Å²) in [6.07, 6.45) is -0.0313. The molecule has 28 heavy (non-hydrogen) atoms. The Balaban J connectivity index is 1.88. The predicted octanol–water partition coefficient (Wildman–Crippen LogP) is 2.57. The maximum absolute atomic E-state index is 12.7. The van der Waals surface area contributed by atoms with Gasteiger partial charge < -0.3 is 15.4 Å². The molecule has 2 rings (SSSR count). The summed E-state index contributed by atoms with van der Waals surface area (Å²) in [5.74, 6) is 0.0761. The van der Waals surface area contributed by atoms with Gasteiger partial charge >= 0.3 is 0 Å².